The quantitative estimate of drug-likeness (QED) is 0.795. The smallest absolute Gasteiger partial charge is 0.249 e. The van der Waals surface area contributed by atoms with Crippen LogP contribution in [0.15, 0.2) is 30.3 Å². The van der Waals surface area contributed by atoms with Gasteiger partial charge in [-0.3, -0.25) is 14.4 Å². The lowest BCUT2D eigenvalue weighted by Crippen LogP contribution is -2.17. The number of amides is 2. The minimum absolute atomic E-state index is 0.00912. The van der Waals surface area contributed by atoms with E-state index in [1.165, 1.54) is 11.3 Å². The zero-order chi connectivity index (χ0) is 16.1. The van der Waals surface area contributed by atoms with Crippen molar-refractivity contribution in [2.24, 2.45) is 11.5 Å². The van der Waals surface area contributed by atoms with Crippen LogP contribution >= 0.6 is 11.3 Å². The Morgan fingerprint density at radius 3 is 2.23 bits per heavy atom. The van der Waals surface area contributed by atoms with E-state index in [1.807, 2.05) is 24.3 Å². The zero-order valence-corrected chi connectivity index (χ0v) is 12.4. The van der Waals surface area contributed by atoms with Crippen LogP contribution in [0.25, 0.3) is 12.2 Å². The summed E-state index contributed by atoms with van der Waals surface area (Å²) in [6.45, 7) is 0. The van der Waals surface area contributed by atoms with Gasteiger partial charge in [0.05, 0.1) is 12.0 Å². The number of carbonyl (C=O) groups is 3. The molecule has 0 aliphatic heterocycles. The van der Waals surface area contributed by atoms with Crippen molar-refractivity contribution in [2.75, 3.05) is 0 Å². The maximum absolute atomic E-state index is 11.4. The van der Waals surface area contributed by atoms with Gasteiger partial charge in [-0.1, -0.05) is 30.3 Å². The molecule has 2 aromatic rings. The molecule has 0 aliphatic carbocycles. The van der Waals surface area contributed by atoms with E-state index >= 15 is 0 Å². The van der Waals surface area contributed by atoms with E-state index in [4.69, 9.17) is 11.5 Å². The van der Waals surface area contributed by atoms with Crippen molar-refractivity contribution >= 4 is 41.6 Å². The van der Waals surface area contributed by atoms with E-state index in [9.17, 15) is 14.4 Å². The summed E-state index contributed by atoms with van der Waals surface area (Å²) < 4.78 is 0. The predicted molar refractivity (Wildman–Crippen MR) is 86.5 cm³/mol. The minimum Gasteiger partial charge on any atom is -0.369 e. The SMILES string of the molecule is NC(=O)Cc1sc(/C=C/c2ccc(C=O)cc2)cc1C(N)=O. The highest BCUT2D eigenvalue weighted by Crippen LogP contribution is 2.25. The standard InChI is InChI=1S/C16H14N2O3S/c17-15(20)8-14-13(16(18)21)7-12(22-14)6-5-10-1-3-11(9-19)4-2-10/h1-7,9H,8H2,(H2,17,20)(H2,18,21)/b6-5+. The molecule has 22 heavy (non-hydrogen) atoms. The summed E-state index contributed by atoms with van der Waals surface area (Å²) in [5.74, 6) is -1.09. The third-order valence-electron chi connectivity index (χ3n) is 2.94. The number of rotatable bonds is 6. The van der Waals surface area contributed by atoms with E-state index in [0.717, 1.165) is 16.7 Å². The molecule has 2 amide bonds. The van der Waals surface area contributed by atoms with E-state index in [-0.39, 0.29) is 6.42 Å². The fourth-order valence-corrected chi connectivity index (χ4v) is 2.98. The second-order valence-electron chi connectivity index (χ2n) is 4.61. The van der Waals surface area contributed by atoms with E-state index in [2.05, 4.69) is 0 Å². The summed E-state index contributed by atoms with van der Waals surface area (Å²) in [7, 11) is 0. The first-order valence-electron chi connectivity index (χ1n) is 6.43. The molecule has 4 N–H and O–H groups in total. The van der Waals surface area contributed by atoms with Crippen molar-refractivity contribution in [3.63, 3.8) is 0 Å². The number of hydrogen-bond donors (Lipinski definition) is 2. The molecule has 1 aromatic heterocycles. The lowest BCUT2D eigenvalue weighted by molar-refractivity contribution is -0.117. The molecule has 0 aliphatic rings. The van der Waals surface area contributed by atoms with Crippen LogP contribution in [-0.4, -0.2) is 18.1 Å². The molecule has 6 heteroatoms. The van der Waals surface area contributed by atoms with Gasteiger partial charge in [-0.2, -0.15) is 0 Å². The first kappa shape index (κ1) is 15.7. The molecule has 112 valence electrons. The lowest BCUT2D eigenvalue weighted by Gasteiger charge is -1.95. The summed E-state index contributed by atoms with van der Waals surface area (Å²) >= 11 is 1.30. The fourth-order valence-electron chi connectivity index (χ4n) is 1.89. The summed E-state index contributed by atoms with van der Waals surface area (Å²) in [5.41, 5.74) is 12.3. The van der Waals surface area contributed by atoms with Crippen LogP contribution < -0.4 is 11.5 Å². The highest BCUT2D eigenvalue weighted by Gasteiger charge is 2.14. The van der Waals surface area contributed by atoms with Crippen LogP contribution in [0.1, 0.15) is 36.0 Å². The maximum atomic E-state index is 11.4. The van der Waals surface area contributed by atoms with Crippen LogP contribution in [0.2, 0.25) is 0 Å². The Morgan fingerprint density at radius 2 is 1.68 bits per heavy atom. The maximum Gasteiger partial charge on any atom is 0.249 e. The molecule has 0 unspecified atom stereocenters. The van der Waals surface area contributed by atoms with Gasteiger partial charge in [-0.05, 0) is 17.7 Å². The Morgan fingerprint density at radius 1 is 1.05 bits per heavy atom. The third kappa shape index (κ3) is 3.89. The second-order valence-corrected chi connectivity index (χ2v) is 5.78. The molecular weight excluding hydrogens is 300 g/mol. The van der Waals surface area contributed by atoms with Gasteiger partial charge in [0.15, 0.2) is 0 Å². The third-order valence-corrected chi connectivity index (χ3v) is 4.04. The van der Waals surface area contributed by atoms with Crippen LogP contribution in [0.3, 0.4) is 0 Å². The highest BCUT2D eigenvalue weighted by molar-refractivity contribution is 7.13. The molecule has 2 rings (SSSR count). The lowest BCUT2D eigenvalue weighted by atomic mass is 10.1. The van der Waals surface area contributed by atoms with Gasteiger partial charge in [-0.25, -0.2) is 0 Å². The van der Waals surface area contributed by atoms with Gasteiger partial charge in [0.1, 0.15) is 6.29 Å². The van der Waals surface area contributed by atoms with Crippen molar-refractivity contribution in [3.05, 3.63) is 56.8 Å². The average molecular weight is 314 g/mol. The number of benzene rings is 1. The number of thiophene rings is 1. The van der Waals surface area contributed by atoms with Crippen molar-refractivity contribution < 1.29 is 14.4 Å². The van der Waals surface area contributed by atoms with Crippen molar-refractivity contribution in [1.29, 1.82) is 0 Å². The Kier molecular flexibility index (Phi) is 4.85. The summed E-state index contributed by atoms with van der Waals surface area (Å²) in [6, 6.07) is 8.70. The molecule has 0 spiro atoms. The van der Waals surface area contributed by atoms with Gasteiger partial charge in [0.25, 0.3) is 0 Å². The average Bonchev–Trinajstić information content (AvgIpc) is 2.88. The zero-order valence-electron chi connectivity index (χ0n) is 11.6. The van der Waals surface area contributed by atoms with Crippen molar-refractivity contribution in [3.8, 4) is 0 Å². The van der Waals surface area contributed by atoms with Crippen molar-refractivity contribution in [2.45, 2.75) is 6.42 Å². The Bertz CT molecular complexity index is 745. The molecule has 0 saturated carbocycles. The number of primary amides is 2. The molecule has 1 aromatic carbocycles. The summed E-state index contributed by atoms with van der Waals surface area (Å²) in [6.07, 6.45) is 4.43. The molecular formula is C16H14N2O3S. The highest BCUT2D eigenvalue weighted by atomic mass is 32.1. The van der Waals surface area contributed by atoms with Crippen LogP contribution in [-0.2, 0) is 11.2 Å². The Hall–Kier alpha value is -2.73. The fraction of sp³-hybridized carbons (Fsp3) is 0.0625. The number of hydrogen-bond acceptors (Lipinski definition) is 4. The first-order chi connectivity index (χ1) is 10.5. The Balaban J connectivity index is 2.24. The normalized spacial score (nSPS) is 10.7. The van der Waals surface area contributed by atoms with Gasteiger partial charge < -0.3 is 11.5 Å². The van der Waals surface area contributed by atoms with E-state index < -0.39 is 11.8 Å². The summed E-state index contributed by atoms with van der Waals surface area (Å²) in [5, 5.41) is 0. The molecule has 1 heterocycles. The molecule has 0 radical (unpaired) electrons. The first-order valence-corrected chi connectivity index (χ1v) is 7.25. The van der Waals surface area contributed by atoms with Crippen molar-refractivity contribution in [1.82, 2.24) is 0 Å². The molecule has 5 nitrogen and oxygen atoms in total. The van der Waals surface area contributed by atoms with E-state index in [0.29, 0.717) is 16.0 Å². The molecule has 0 atom stereocenters. The van der Waals surface area contributed by atoms with Gasteiger partial charge in [0.2, 0.25) is 11.8 Å². The molecule has 0 fully saturated rings. The monoisotopic (exact) mass is 314 g/mol. The van der Waals surface area contributed by atoms with Gasteiger partial charge >= 0.3 is 0 Å². The second kappa shape index (κ2) is 6.82. The largest absolute Gasteiger partial charge is 0.369 e. The Labute approximate surface area is 131 Å². The summed E-state index contributed by atoms with van der Waals surface area (Å²) in [4.78, 5) is 34.4. The van der Waals surface area contributed by atoms with Gasteiger partial charge in [0, 0.05) is 15.3 Å². The van der Waals surface area contributed by atoms with E-state index in [1.54, 1.807) is 18.2 Å². The number of aldehydes is 1. The van der Waals surface area contributed by atoms with Crippen LogP contribution in [0.5, 0.6) is 0 Å². The molecule has 0 saturated heterocycles. The number of nitrogens with two attached hydrogens (primary N) is 2. The predicted octanol–water partition coefficient (Wildman–Crippen LogP) is 1.86. The van der Waals surface area contributed by atoms with Crippen LogP contribution in [0, 0.1) is 0 Å². The minimum atomic E-state index is -0.581. The topological polar surface area (TPSA) is 103 Å². The van der Waals surface area contributed by atoms with Gasteiger partial charge in [-0.15, -0.1) is 11.3 Å². The number of carbonyl (C=O) groups excluding carboxylic acids is 3. The molecule has 0 bridgehead atoms. The van der Waals surface area contributed by atoms with Crippen LogP contribution in [0.4, 0.5) is 0 Å².